The number of aliphatic carboxylic acids is 1. The Bertz CT molecular complexity index is 274. The van der Waals surface area contributed by atoms with Crippen molar-refractivity contribution in [3.05, 3.63) is 0 Å². The number of carboxylic acid groups (broad SMARTS) is 1. The van der Waals surface area contributed by atoms with E-state index >= 15 is 0 Å². The molecule has 17 heavy (non-hydrogen) atoms. The lowest BCUT2D eigenvalue weighted by Crippen LogP contribution is -2.48. The van der Waals surface area contributed by atoms with Crippen molar-refractivity contribution in [3.8, 4) is 0 Å². The van der Waals surface area contributed by atoms with Gasteiger partial charge in [-0.25, -0.2) is 4.79 Å². The van der Waals surface area contributed by atoms with E-state index in [2.05, 4.69) is 5.32 Å². The van der Waals surface area contributed by atoms with Crippen LogP contribution in [0.4, 0.5) is 0 Å². The molecule has 0 unspecified atom stereocenters. The first-order valence-electron chi connectivity index (χ1n) is 6.17. The molecule has 2 atom stereocenters. The summed E-state index contributed by atoms with van der Waals surface area (Å²) in [6.45, 7) is 4.92. The third kappa shape index (κ3) is 4.00. The first-order valence-corrected chi connectivity index (χ1v) is 6.17. The molecule has 1 fully saturated rings. The van der Waals surface area contributed by atoms with Gasteiger partial charge in [0.2, 0.25) is 5.91 Å². The lowest BCUT2D eigenvalue weighted by atomic mass is 9.95. The van der Waals surface area contributed by atoms with E-state index in [1.165, 1.54) is 0 Å². The van der Waals surface area contributed by atoms with Gasteiger partial charge in [0.25, 0.3) is 0 Å². The highest BCUT2D eigenvalue weighted by molar-refractivity contribution is 5.85. The van der Waals surface area contributed by atoms with Crippen molar-refractivity contribution in [2.75, 3.05) is 13.2 Å². The van der Waals surface area contributed by atoms with Crippen molar-refractivity contribution in [1.29, 1.82) is 0 Å². The highest BCUT2D eigenvalue weighted by Gasteiger charge is 2.29. The quantitative estimate of drug-likeness (QED) is 0.756. The third-order valence-corrected chi connectivity index (χ3v) is 3.37. The van der Waals surface area contributed by atoms with Gasteiger partial charge in [0.05, 0.1) is 0 Å². The van der Waals surface area contributed by atoms with Gasteiger partial charge in [-0.05, 0) is 18.8 Å². The average molecular weight is 243 g/mol. The summed E-state index contributed by atoms with van der Waals surface area (Å²) in [6.07, 6.45) is 2.09. The second-order valence-electron chi connectivity index (χ2n) is 4.60. The zero-order valence-electron chi connectivity index (χ0n) is 10.4. The topological polar surface area (TPSA) is 75.6 Å². The fourth-order valence-electron chi connectivity index (χ4n) is 1.91. The molecule has 0 spiro atoms. The van der Waals surface area contributed by atoms with Crippen molar-refractivity contribution >= 4 is 11.9 Å². The number of nitrogens with one attached hydrogen (secondary N) is 1. The molecule has 0 aliphatic carbocycles. The normalized spacial score (nSPS) is 20.6. The van der Waals surface area contributed by atoms with E-state index < -0.39 is 12.0 Å². The number of rotatable bonds is 5. The minimum Gasteiger partial charge on any atom is -0.480 e. The van der Waals surface area contributed by atoms with Crippen molar-refractivity contribution in [2.24, 2.45) is 11.8 Å². The van der Waals surface area contributed by atoms with Crippen LogP contribution in [0.15, 0.2) is 0 Å². The van der Waals surface area contributed by atoms with E-state index in [4.69, 9.17) is 9.84 Å². The summed E-state index contributed by atoms with van der Waals surface area (Å²) in [5.41, 5.74) is 0. The molecule has 0 aromatic heterocycles. The number of carbonyl (C=O) groups excluding carboxylic acids is 1. The van der Waals surface area contributed by atoms with Crippen LogP contribution in [-0.4, -0.2) is 36.2 Å². The number of carboxylic acids is 1. The third-order valence-electron chi connectivity index (χ3n) is 3.37. The van der Waals surface area contributed by atoms with Gasteiger partial charge in [-0.3, -0.25) is 4.79 Å². The zero-order chi connectivity index (χ0) is 12.8. The van der Waals surface area contributed by atoms with E-state index in [9.17, 15) is 9.59 Å². The smallest absolute Gasteiger partial charge is 0.326 e. The first kappa shape index (κ1) is 14.0. The van der Waals surface area contributed by atoms with E-state index in [1.807, 2.05) is 13.8 Å². The fourth-order valence-corrected chi connectivity index (χ4v) is 1.91. The molecule has 5 nitrogen and oxygen atoms in total. The summed E-state index contributed by atoms with van der Waals surface area (Å²) in [6, 6.07) is -0.782. The lowest BCUT2D eigenvalue weighted by molar-refractivity contribution is -0.144. The largest absolute Gasteiger partial charge is 0.480 e. The van der Waals surface area contributed by atoms with Crippen LogP contribution in [0.2, 0.25) is 0 Å². The molecule has 1 amide bonds. The molecule has 98 valence electrons. The SMILES string of the molecule is CC[C@H](C)[C@H](NC(=O)C1CCOCC1)C(=O)O. The molecular weight excluding hydrogens is 222 g/mol. The summed E-state index contributed by atoms with van der Waals surface area (Å²) >= 11 is 0. The number of amides is 1. The van der Waals surface area contributed by atoms with Gasteiger partial charge in [0.15, 0.2) is 0 Å². The summed E-state index contributed by atoms with van der Waals surface area (Å²) in [5, 5.41) is 11.7. The maximum atomic E-state index is 11.9. The van der Waals surface area contributed by atoms with Crippen LogP contribution in [0.25, 0.3) is 0 Å². The Morgan fingerprint density at radius 1 is 1.41 bits per heavy atom. The Morgan fingerprint density at radius 2 is 2.00 bits per heavy atom. The van der Waals surface area contributed by atoms with Crippen LogP contribution in [0, 0.1) is 11.8 Å². The molecule has 1 aliphatic rings. The maximum Gasteiger partial charge on any atom is 0.326 e. The van der Waals surface area contributed by atoms with Gasteiger partial charge in [-0.15, -0.1) is 0 Å². The molecule has 5 heteroatoms. The summed E-state index contributed by atoms with van der Waals surface area (Å²) in [5.74, 6) is -1.27. The van der Waals surface area contributed by atoms with Crippen molar-refractivity contribution < 1.29 is 19.4 Å². The molecule has 1 aliphatic heterocycles. The summed E-state index contributed by atoms with van der Waals surface area (Å²) in [7, 11) is 0. The van der Waals surface area contributed by atoms with Crippen LogP contribution in [0.5, 0.6) is 0 Å². The Hall–Kier alpha value is -1.10. The highest BCUT2D eigenvalue weighted by Crippen LogP contribution is 2.16. The zero-order valence-corrected chi connectivity index (χ0v) is 10.4. The van der Waals surface area contributed by atoms with E-state index in [1.54, 1.807) is 0 Å². The van der Waals surface area contributed by atoms with Crippen molar-refractivity contribution in [2.45, 2.75) is 39.2 Å². The first-order chi connectivity index (χ1) is 8.06. The molecule has 2 N–H and O–H groups in total. The van der Waals surface area contributed by atoms with Crippen LogP contribution < -0.4 is 5.32 Å². The Kier molecular flexibility index (Phi) is 5.41. The number of hydrogen-bond acceptors (Lipinski definition) is 3. The maximum absolute atomic E-state index is 11.9. The molecule has 1 rings (SSSR count). The molecular formula is C12H21NO4. The number of hydrogen-bond donors (Lipinski definition) is 2. The van der Waals surface area contributed by atoms with Crippen molar-refractivity contribution in [3.63, 3.8) is 0 Å². The van der Waals surface area contributed by atoms with Gasteiger partial charge in [0, 0.05) is 19.1 Å². The highest BCUT2D eigenvalue weighted by atomic mass is 16.5. The van der Waals surface area contributed by atoms with Crippen LogP contribution in [0.1, 0.15) is 33.1 Å². The molecule has 0 saturated carbocycles. The minimum atomic E-state index is -0.959. The number of carbonyl (C=O) groups is 2. The lowest BCUT2D eigenvalue weighted by Gasteiger charge is -2.25. The summed E-state index contributed by atoms with van der Waals surface area (Å²) < 4.78 is 5.17. The second-order valence-corrected chi connectivity index (χ2v) is 4.60. The molecule has 1 heterocycles. The van der Waals surface area contributed by atoms with E-state index in [0.29, 0.717) is 26.1 Å². The minimum absolute atomic E-state index is 0.0590. The molecule has 0 aromatic carbocycles. The Balaban J connectivity index is 2.53. The predicted octanol–water partition coefficient (Wildman–Crippen LogP) is 1.03. The van der Waals surface area contributed by atoms with E-state index in [0.717, 1.165) is 6.42 Å². The molecule has 0 bridgehead atoms. The monoisotopic (exact) mass is 243 g/mol. The van der Waals surface area contributed by atoms with Crippen molar-refractivity contribution in [1.82, 2.24) is 5.32 Å². The predicted molar refractivity (Wildman–Crippen MR) is 62.6 cm³/mol. The van der Waals surface area contributed by atoms with Crippen LogP contribution >= 0.6 is 0 Å². The average Bonchev–Trinajstić information content (AvgIpc) is 2.35. The van der Waals surface area contributed by atoms with Gasteiger partial charge in [0.1, 0.15) is 6.04 Å². The van der Waals surface area contributed by atoms with Gasteiger partial charge >= 0.3 is 5.97 Å². The van der Waals surface area contributed by atoms with E-state index in [-0.39, 0.29) is 17.7 Å². The van der Waals surface area contributed by atoms with Gasteiger partial charge in [-0.1, -0.05) is 20.3 Å². The van der Waals surface area contributed by atoms with Gasteiger partial charge in [-0.2, -0.15) is 0 Å². The fraction of sp³-hybridized carbons (Fsp3) is 0.833. The standard InChI is InChI=1S/C12H21NO4/c1-3-8(2)10(12(15)16)13-11(14)9-4-6-17-7-5-9/h8-10H,3-7H2,1-2H3,(H,13,14)(H,15,16)/t8-,10-/m0/s1. The molecule has 0 radical (unpaired) electrons. The second kappa shape index (κ2) is 6.59. The Morgan fingerprint density at radius 3 is 2.47 bits per heavy atom. The Labute approximate surface area is 102 Å². The molecule has 1 saturated heterocycles. The van der Waals surface area contributed by atoms with Crippen LogP contribution in [-0.2, 0) is 14.3 Å². The van der Waals surface area contributed by atoms with Gasteiger partial charge < -0.3 is 15.2 Å². The van der Waals surface area contributed by atoms with Crippen LogP contribution in [0.3, 0.4) is 0 Å². The number of ether oxygens (including phenoxy) is 1. The summed E-state index contributed by atoms with van der Waals surface area (Å²) in [4.78, 5) is 23.0. The molecule has 0 aromatic rings.